The predicted molar refractivity (Wildman–Crippen MR) is 136 cm³/mol. The Morgan fingerprint density at radius 1 is 0.710 bits per heavy atom. The standard InChI is InChI=1S/C18H37.C8H10O3S.Na/c1-3-5-7-9-11-13-15-17-18-16-14-12-10-8-6-4-2;1-6-4-3-5-8(7(6)2)12(9,10)11;/h1,3-18H2,2H3;3-5H,1-2H3,(H,9,10,11);. The summed E-state index contributed by atoms with van der Waals surface area (Å²) in [6.07, 6.45) is 23.7. The summed E-state index contributed by atoms with van der Waals surface area (Å²) in [5, 5.41) is 0. The normalized spacial score (nSPS) is 11.3. The second-order valence-corrected chi connectivity index (χ2v) is 11.4. The van der Waals surface area contributed by atoms with E-state index < -0.39 is 10.1 Å². The molecule has 0 saturated heterocycles. The molecule has 0 aliphatic rings. The van der Waals surface area contributed by atoms with E-state index in [1.54, 1.807) is 26.0 Å². The molecular formula is C26H47NaO3S. The van der Waals surface area contributed by atoms with Crippen molar-refractivity contribution in [2.24, 2.45) is 0 Å². The fourth-order valence-corrected chi connectivity index (χ4v) is 5.10. The number of hydrogen-bond donors (Lipinski definition) is 1. The third-order valence-corrected chi connectivity index (χ3v) is 7.75. The van der Waals surface area contributed by atoms with Crippen LogP contribution in [0.5, 0.6) is 0 Å². The summed E-state index contributed by atoms with van der Waals surface area (Å²) >= 11 is 1.41. The van der Waals surface area contributed by atoms with E-state index in [2.05, 4.69) is 6.92 Å². The molecule has 0 aromatic heterocycles. The molecule has 0 aliphatic heterocycles. The third kappa shape index (κ3) is 18.3. The molecule has 31 heavy (non-hydrogen) atoms. The Morgan fingerprint density at radius 2 is 1.10 bits per heavy atom. The van der Waals surface area contributed by atoms with Crippen LogP contribution in [0.15, 0.2) is 23.1 Å². The molecule has 0 unspecified atom stereocenters. The van der Waals surface area contributed by atoms with Gasteiger partial charge in [-0.15, -0.1) is 0 Å². The molecule has 0 atom stereocenters. The first-order chi connectivity index (χ1) is 14.8. The van der Waals surface area contributed by atoms with Gasteiger partial charge < -0.3 is 0 Å². The molecule has 0 fully saturated rings. The van der Waals surface area contributed by atoms with Gasteiger partial charge in [0.15, 0.2) is 0 Å². The molecule has 0 spiro atoms. The van der Waals surface area contributed by atoms with E-state index in [1.165, 1.54) is 140 Å². The zero-order valence-electron chi connectivity index (χ0n) is 20.9. The Bertz CT molecular complexity index is 628. The van der Waals surface area contributed by atoms with Crippen LogP contribution in [0, 0.1) is 13.8 Å². The summed E-state index contributed by atoms with van der Waals surface area (Å²) in [6, 6.07) is 4.78. The Labute approximate surface area is 211 Å². The van der Waals surface area contributed by atoms with Crippen LogP contribution in [-0.2, 0) is 10.1 Å². The van der Waals surface area contributed by atoms with Gasteiger partial charge in [-0.25, -0.2) is 0 Å². The van der Waals surface area contributed by atoms with E-state index in [0.717, 1.165) is 5.56 Å². The topological polar surface area (TPSA) is 54.4 Å². The largest absolute Gasteiger partial charge is 0.294 e. The van der Waals surface area contributed by atoms with E-state index in [0.29, 0.717) is 5.56 Å². The summed E-state index contributed by atoms with van der Waals surface area (Å²) in [7, 11) is -4.06. The zero-order chi connectivity index (χ0) is 23.4. The predicted octanol–water partition coefficient (Wildman–Crippen LogP) is 8.38. The maximum absolute atomic E-state index is 10.8. The molecule has 1 aromatic rings. The van der Waals surface area contributed by atoms with Crippen LogP contribution in [0.1, 0.15) is 121 Å². The van der Waals surface area contributed by atoms with Gasteiger partial charge in [0, 0.05) is 0 Å². The first-order valence-corrected chi connectivity index (χ1v) is 15.7. The van der Waals surface area contributed by atoms with Crippen molar-refractivity contribution in [3.05, 3.63) is 29.3 Å². The minimum atomic E-state index is -4.06. The molecule has 0 bridgehead atoms. The van der Waals surface area contributed by atoms with Gasteiger partial charge in [0.25, 0.3) is 10.1 Å². The van der Waals surface area contributed by atoms with Gasteiger partial charge in [-0.3, -0.25) is 4.55 Å². The van der Waals surface area contributed by atoms with E-state index in [-0.39, 0.29) is 4.90 Å². The molecule has 0 saturated carbocycles. The molecule has 1 rings (SSSR count). The molecule has 0 radical (unpaired) electrons. The van der Waals surface area contributed by atoms with Gasteiger partial charge in [0.2, 0.25) is 0 Å². The van der Waals surface area contributed by atoms with Crippen molar-refractivity contribution in [3.63, 3.8) is 0 Å². The van der Waals surface area contributed by atoms with Gasteiger partial charge in [0.05, 0.1) is 4.90 Å². The smallest absolute Gasteiger partial charge is 0.282 e. The van der Waals surface area contributed by atoms with Crippen LogP contribution >= 0.6 is 0 Å². The van der Waals surface area contributed by atoms with Gasteiger partial charge in [0.1, 0.15) is 0 Å². The second kappa shape index (κ2) is 20.7. The van der Waals surface area contributed by atoms with Gasteiger partial charge in [-0.05, 0) is 31.0 Å². The quantitative estimate of drug-likeness (QED) is 0.144. The zero-order valence-corrected chi connectivity index (χ0v) is 23.7. The van der Waals surface area contributed by atoms with Crippen molar-refractivity contribution < 1.29 is 13.0 Å². The number of benzene rings is 1. The van der Waals surface area contributed by atoms with Crippen molar-refractivity contribution >= 4 is 38.0 Å². The summed E-state index contributed by atoms with van der Waals surface area (Å²) in [4.78, 5) is -0.0116. The van der Waals surface area contributed by atoms with Crippen molar-refractivity contribution in [2.45, 2.75) is 132 Å². The average Bonchev–Trinajstić information content (AvgIpc) is 2.72. The van der Waals surface area contributed by atoms with Gasteiger partial charge >= 0.3 is 102 Å². The fourth-order valence-electron chi connectivity index (χ4n) is 3.80. The van der Waals surface area contributed by atoms with Gasteiger partial charge in [-0.1, -0.05) is 51.2 Å². The fraction of sp³-hybridized carbons (Fsp3) is 0.769. The van der Waals surface area contributed by atoms with Crippen LogP contribution in [0.3, 0.4) is 0 Å². The Kier molecular flexibility index (Phi) is 20.8. The molecule has 176 valence electrons. The van der Waals surface area contributed by atoms with Crippen molar-refractivity contribution in [3.8, 4) is 0 Å². The Hall–Kier alpha value is 0.130. The average molecular weight is 463 g/mol. The first-order valence-electron chi connectivity index (χ1n) is 12.9. The third-order valence-electron chi connectivity index (χ3n) is 6.04. The maximum atomic E-state index is 10.8. The molecule has 5 heteroatoms. The number of unbranched alkanes of at least 4 members (excludes halogenated alkanes) is 15. The minimum absolute atomic E-state index is 0.0116. The summed E-state index contributed by atoms with van der Waals surface area (Å²) in [5.41, 5.74) is 1.45. The summed E-state index contributed by atoms with van der Waals surface area (Å²) < 4.78 is 31.8. The number of rotatable bonds is 17. The van der Waals surface area contributed by atoms with E-state index in [4.69, 9.17) is 4.55 Å². The molecule has 0 aliphatic carbocycles. The minimum Gasteiger partial charge on any atom is -0.282 e. The van der Waals surface area contributed by atoms with Crippen LogP contribution in [0.4, 0.5) is 0 Å². The summed E-state index contributed by atoms with van der Waals surface area (Å²) in [5.74, 6) is 0. The maximum Gasteiger partial charge on any atom is 0.294 e. The van der Waals surface area contributed by atoms with Crippen LogP contribution in [0.2, 0.25) is 3.67 Å². The molecule has 3 nitrogen and oxygen atoms in total. The van der Waals surface area contributed by atoms with E-state index in [9.17, 15) is 8.42 Å². The van der Waals surface area contributed by atoms with Crippen LogP contribution < -0.4 is 0 Å². The molecule has 1 N–H and O–H groups in total. The van der Waals surface area contributed by atoms with E-state index in [1.807, 2.05) is 0 Å². The number of hydrogen-bond acceptors (Lipinski definition) is 2. The second-order valence-electron chi connectivity index (χ2n) is 8.98. The molecule has 0 heterocycles. The van der Waals surface area contributed by atoms with Crippen molar-refractivity contribution in [1.29, 1.82) is 0 Å². The Balaban J connectivity index is 0.000000639. The molecular weight excluding hydrogens is 415 g/mol. The van der Waals surface area contributed by atoms with Crippen LogP contribution in [0.25, 0.3) is 0 Å². The van der Waals surface area contributed by atoms with Gasteiger partial charge in [-0.2, -0.15) is 8.42 Å². The number of aryl methyl sites for hydroxylation is 1. The van der Waals surface area contributed by atoms with Crippen LogP contribution in [-0.4, -0.2) is 40.9 Å². The van der Waals surface area contributed by atoms with Crippen molar-refractivity contribution in [2.75, 3.05) is 0 Å². The monoisotopic (exact) mass is 462 g/mol. The Morgan fingerprint density at radius 3 is 1.42 bits per heavy atom. The SMILES string of the molecule is CCCCCCCCCCCCCCCCC[CH2][Na].Cc1cccc(S(=O)(=O)O)c1C. The van der Waals surface area contributed by atoms with E-state index >= 15 is 0 Å². The van der Waals surface area contributed by atoms with Crippen molar-refractivity contribution in [1.82, 2.24) is 0 Å². The molecule has 1 aromatic carbocycles. The molecule has 0 amide bonds. The summed E-state index contributed by atoms with van der Waals surface area (Å²) in [6.45, 7) is 5.76. The first kappa shape index (κ1) is 31.1.